The Kier molecular flexibility index (Phi) is 3.83. The lowest BCUT2D eigenvalue weighted by molar-refractivity contribution is -0.115. The molecule has 0 heterocycles. The van der Waals surface area contributed by atoms with E-state index in [4.69, 9.17) is 0 Å². The van der Waals surface area contributed by atoms with Crippen molar-refractivity contribution in [3.8, 4) is 0 Å². The number of hydrogen-bond donors (Lipinski definition) is 2. The molecule has 0 saturated heterocycles. The van der Waals surface area contributed by atoms with Gasteiger partial charge in [0.05, 0.1) is 5.25 Å². The van der Waals surface area contributed by atoms with Crippen LogP contribution in [-0.2, 0) is 4.79 Å². The molecule has 0 aliphatic heterocycles. The standard InChI is InChI=1S/C10H13NOS/c1-2-9(13)10(12)11-8-6-4-3-5-7-8/h3-7,9,13H,2H2,1H3,(H,11,12). The molecule has 13 heavy (non-hydrogen) atoms. The first-order chi connectivity index (χ1) is 6.24. The Balaban J connectivity index is 2.55. The molecule has 3 heteroatoms. The van der Waals surface area contributed by atoms with Gasteiger partial charge in [-0.05, 0) is 18.6 Å². The molecule has 70 valence electrons. The van der Waals surface area contributed by atoms with Crippen molar-refractivity contribution in [3.05, 3.63) is 30.3 Å². The fourth-order valence-electron chi connectivity index (χ4n) is 0.932. The number of amides is 1. The summed E-state index contributed by atoms with van der Waals surface area (Å²) in [6, 6.07) is 9.39. The Morgan fingerprint density at radius 3 is 2.62 bits per heavy atom. The third-order valence-electron chi connectivity index (χ3n) is 1.73. The van der Waals surface area contributed by atoms with Crippen LogP contribution >= 0.6 is 12.6 Å². The summed E-state index contributed by atoms with van der Waals surface area (Å²) in [5.41, 5.74) is 0.819. The quantitative estimate of drug-likeness (QED) is 0.712. The Morgan fingerprint density at radius 2 is 2.08 bits per heavy atom. The molecule has 1 amide bonds. The average molecular weight is 195 g/mol. The molecule has 0 bridgehead atoms. The van der Waals surface area contributed by atoms with Crippen molar-refractivity contribution in [1.82, 2.24) is 0 Å². The second kappa shape index (κ2) is 4.92. The van der Waals surface area contributed by atoms with Gasteiger partial charge < -0.3 is 5.32 Å². The molecule has 0 radical (unpaired) electrons. The van der Waals surface area contributed by atoms with Gasteiger partial charge in [0.1, 0.15) is 0 Å². The maximum Gasteiger partial charge on any atom is 0.237 e. The van der Waals surface area contributed by atoms with E-state index in [0.717, 1.165) is 12.1 Å². The number of carbonyl (C=O) groups is 1. The SMILES string of the molecule is CCC(S)C(=O)Nc1ccccc1. The highest BCUT2D eigenvalue weighted by atomic mass is 32.1. The predicted molar refractivity (Wildman–Crippen MR) is 58.1 cm³/mol. The molecule has 0 aromatic heterocycles. The lowest BCUT2D eigenvalue weighted by Gasteiger charge is -2.08. The molecular formula is C10H13NOS. The number of benzene rings is 1. The fourth-order valence-corrected chi connectivity index (χ4v) is 0.997. The Bertz CT molecular complexity index is 274. The minimum Gasteiger partial charge on any atom is -0.325 e. The van der Waals surface area contributed by atoms with E-state index >= 15 is 0 Å². The number of carbonyl (C=O) groups excluding carboxylic acids is 1. The van der Waals surface area contributed by atoms with Gasteiger partial charge in [0.25, 0.3) is 0 Å². The molecule has 1 atom stereocenters. The first-order valence-corrected chi connectivity index (χ1v) is 4.79. The molecule has 0 aliphatic carbocycles. The summed E-state index contributed by atoms with van der Waals surface area (Å²) in [7, 11) is 0. The first kappa shape index (κ1) is 10.1. The van der Waals surface area contributed by atoms with Gasteiger partial charge in [-0.25, -0.2) is 0 Å². The minimum atomic E-state index is -0.222. The smallest absolute Gasteiger partial charge is 0.237 e. The zero-order valence-corrected chi connectivity index (χ0v) is 8.42. The Hall–Kier alpha value is -0.960. The molecule has 2 nitrogen and oxygen atoms in total. The second-order valence-corrected chi connectivity index (χ2v) is 3.40. The molecule has 1 rings (SSSR count). The van der Waals surface area contributed by atoms with Crippen molar-refractivity contribution < 1.29 is 4.79 Å². The van der Waals surface area contributed by atoms with Crippen LogP contribution < -0.4 is 5.32 Å². The van der Waals surface area contributed by atoms with Crippen molar-refractivity contribution >= 4 is 24.2 Å². The van der Waals surface area contributed by atoms with E-state index in [2.05, 4.69) is 17.9 Å². The maximum absolute atomic E-state index is 11.4. The van der Waals surface area contributed by atoms with Gasteiger partial charge in [0.15, 0.2) is 0 Å². The highest BCUT2D eigenvalue weighted by Crippen LogP contribution is 2.08. The molecule has 1 N–H and O–H groups in total. The minimum absolute atomic E-state index is 0.0444. The zero-order chi connectivity index (χ0) is 9.68. The van der Waals surface area contributed by atoms with E-state index in [-0.39, 0.29) is 11.2 Å². The fraction of sp³-hybridized carbons (Fsp3) is 0.300. The number of nitrogens with one attached hydrogen (secondary N) is 1. The summed E-state index contributed by atoms with van der Waals surface area (Å²) in [6.45, 7) is 1.93. The van der Waals surface area contributed by atoms with E-state index in [0.29, 0.717) is 0 Å². The van der Waals surface area contributed by atoms with E-state index in [1.807, 2.05) is 37.3 Å². The summed E-state index contributed by atoms with van der Waals surface area (Å²) in [6.07, 6.45) is 0.738. The molecule has 1 aromatic rings. The van der Waals surface area contributed by atoms with Crippen LogP contribution in [0.2, 0.25) is 0 Å². The van der Waals surface area contributed by atoms with Crippen LogP contribution in [0.5, 0.6) is 0 Å². The van der Waals surface area contributed by atoms with Crippen molar-refractivity contribution in [2.75, 3.05) is 5.32 Å². The van der Waals surface area contributed by atoms with Crippen LogP contribution in [0.25, 0.3) is 0 Å². The molecule has 0 saturated carbocycles. The molecule has 0 fully saturated rings. The van der Waals surface area contributed by atoms with Crippen molar-refractivity contribution in [2.24, 2.45) is 0 Å². The predicted octanol–water partition coefficient (Wildman–Crippen LogP) is 2.33. The monoisotopic (exact) mass is 195 g/mol. The van der Waals surface area contributed by atoms with E-state index in [1.54, 1.807) is 0 Å². The van der Waals surface area contributed by atoms with Crippen LogP contribution in [0.4, 0.5) is 5.69 Å². The highest BCUT2D eigenvalue weighted by molar-refractivity contribution is 7.81. The van der Waals surface area contributed by atoms with Gasteiger partial charge in [-0.15, -0.1) is 0 Å². The lowest BCUT2D eigenvalue weighted by Crippen LogP contribution is -2.22. The average Bonchev–Trinajstić information content (AvgIpc) is 2.18. The summed E-state index contributed by atoms with van der Waals surface area (Å²) in [5.74, 6) is -0.0444. The number of anilines is 1. The second-order valence-electron chi connectivity index (χ2n) is 2.78. The largest absolute Gasteiger partial charge is 0.325 e. The summed E-state index contributed by atoms with van der Waals surface area (Å²) in [4.78, 5) is 11.4. The number of para-hydroxylation sites is 1. The van der Waals surface area contributed by atoms with Gasteiger partial charge in [0, 0.05) is 5.69 Å². The highest BCUT2D eigenvalue weighted by Gasteiger charge is 2.10. The van der Waals surface area contributed by atoms with E-state index < -0.39 is 0 Å². The topological polar surface area (TPSA) is 29.1 Å². The summed E-state index contributed by atoms with van der Waals surface area (Å²) < 4.78 is 0. The Labute approximate surface area is 83.8 Å². The van der Waals surface area contributed by atoms with Gasteiger partial charge in [-0.3, -0.25) is 4.79 Å². The molecule has 0 aliphatic rings. The van der Waals surface area contributed by atoms with Gasteiger partial charge in [0.2, 0.25) is 5.91 Å². The number of hydrogen-bond acceptors (Lipinski definition) is 2. The third kappa shape index (κ3) is 3.11. The summed E-state index contributed by atoms with van der Waals surface area (Å²) >= 11 is 4.14. The van der Waals surface area contributed by atoms with Gasteiger partial charge in [-0.2, -0.15) is 12.6 Å². The maximum atomic E-state index is 11.4. The molecule has 1 unspecified atom stereocenters. The number of rotatable bonds is 3. The lowest BCUT2D eigenvalue weighted by atomic mass is 10.3. The van der Waals surface area contributed by atoms with Crippen molar-refractivity contribution in [3.63, 3.8) is 0 Å². The van der Waals surface area contributed by atoms with E-state index in [1.165, 1.54) is 0 Å². The molecule has 0 spiro atoms. The van der Waals surface area contributed by atoms with Crippen LogP contribution in [0, 0.1) is 0 Å². The van der Waals surface area contributed by atoms with Crippen LogP contribution in [0.3, 0.4) is 0 Å². The number of thiol groups is 1. The summed E-state index contributed by atoms with van der Waals surface area (Å²) in [5, 5.41) is 2.56. The van der Waals surface area contributed by atoms with Crippen molar-refractivity contribution in [2.45, 2.75) is 18.6 Å². The first-order valence-electron chi connectivity index (χ1n) is 4.28. The normalized spacial score (nSPS) is 12.2. The zero-order valence-electron chi connectivity index (χ0n) is 7.53. The van der Waals surface area contributed by atoms with Crippen LogP contribution in [-0.4, -0.2) is 11.2 Å². The molecular weight excluding hydrogens is 182 g/mol. The van der Waals surface area contributed by atoms with Gasteiger partial charge in [-0.1, -0.05) is 25.1 Å². The van der Waals surface area contributed by atoms with Gasteiger partial charge >= 0.3 is 0 Å². The Morgan fingerprint density at radius 1 is 1.46 bits per heavy atom. The van der Waals surface area contributed by atoms with Crippen molar-refractivity contribution in [1.29, 1.82) is 0 Å². The third-order valence-corrected chi connectivity index (χ3v) is 2.33. The van der Waals surface area contributed by atoms with Crippen LogP contribution in [0.15, 0.2) is 30.3 Å². The van der Waals surface area contributed by atoms with Crippen LogP contribution in [0.1, 0.15) is 13.3 Å². The molecule has 1 aromatic carbocycles. The van der Waals surface area contributed by atoms with E-state index in [9.17, 15) is 4.79 Å².